The molecule has 0 saturated heterocycles. The number of fused-ring (bicyclic) bond motifs is 1. The number of imide groups is 1. The number of carbonyl (C=O) groups is 3. The molecule has 1 aliphatic heterocycles. The molecule has 0 radical (unpaired) electrons. The van der Waals surface area contributed by atoms with E-state index in [4.69, 9.17) is 11.6 Å². The molecule has 118 valence electrons. The summed E-state index contributed by atoms with van der Waals surface area (Å²) >= 11 is 5.85. The van der Waals surface area contributed by atoms with Crippen LogP contribution in [0, 0.1) is 5.92 Å². The third-order valence-corrected chi connectivity index (χ3v) is 3.77. The molecule has 3 amide bonds. The van der Waals surface area contributed by atoms with Crippen LogP contribution in [0.1, 0.15) is 47.4 Å². The zero-order valence-electron chi connectivity index (χ0n) is 12.7. The number of hydrogen-bond acceptors (Lipinski definition) is 3. The zero-order valence-corrected chi connectivity index (χ0v) is 13.4. The second kappa shape index (κ2) is 6.92. The molecule has 2 rings (SSSR count). The van der Waals surface area contributed by atoms with Crippen LogP contribution in [0.4, 0.5) is 0 Å². The molecule has 1 N–H and O–H groups in total. The van der Waals surface area contributed by atoms with E-state index < -0.39 is 5.91 Å². The Labute approximate surface area is 134 Å². The molecule has 1 aromatic carbocycles. The minimum atomic E-state index is -0.391. The molecule has 0 atom stereocenters. The molecule has 22 heavy (non-hydrogen) atoms. The van der Waals surface area contributed by atoms with Crippen molar-refractivity contribution in [3.8, 4) is 0 Å². The Kier molecular flexibility index (Phi) is 5.19. The van der Waals surface area contributed by atoms with Crippen LogP contribution < -0.4 is 5.32 Å². The maximum Gasteiger partial charge on any atom is 0.261 e. The van der Waals surface area contributed by atoms with Crippen molar-refractivity contribution in [3.63, 3.8) is 0 Å². The predicted octanol–water partition coefficient (Wildman–Crippen LogP) is 2.49. The lowest BCUT2D eigenvalue weighted by Crippen LogP contribution is -2.35. The van der Waals surface area contributed by atoms with Gasteiger partial charge in [0.15, 0.2) is 0 Å². The van der Waals surface area contributed by atoms with Gasteiger partial charge >= 0.3 is 0 Å². The topological polar surface area (TPSA) is 66.5 Å². The van der Waals surface area contributed by atoms with Crippen LogP contribution in [0.5, 0.6) is 0 Å². The van der Waals surface area contributed by atoms with E-state index in [0.29, 0.717) is 28.6 Å². The van der Waals surface area contributed by atoms with Gasteiger partial charge in [-0.15, -0.1) is 0 Å². The molecule has 0 unspecified atom stereocenters. The van der Waals surface area contributed by atoms with Gasteiger partial charge in [-0.3, -0.25) is 19.3 Å². The number of rotatable bonds is 6. The van der Waals surface area contributed by atoms with Crippen molar-refractivity contribution in [1.29, 1.82) is 0 Å². The normalized spacial score (nSPS) is 13.7. The van der Waals surface area contributed by atoms with Gasteiger partial charge in [-0.2, -0.15) is 0 Å². The molecule has 1 aromatic rings. The number of nitrogens with zero attached hydrogens (tertiary/aromatic N) is 1. The van der Waals surface area contributed by atoms with Crippen molar-refractivity contribution < 1.29 is 14.4 Å². The largest absolute Gasteiger partial charge is 0.356 e. The lowest BCUT2D eigenvalue weighted by Gasteiger charge is -2.13. The van der Waals surface area contributed by atoms with E-state index in [1.807, 2.05) is 0 Å². The lowest BCUT2D eigenvalue weighted by atomic mass is 10.1. The second-order valence-corrected chi connectivity index (χ2v) is 6.17. The third kappa shape index (κ3) is 3.65. The summed E-state index contributed by atoms with van der Waals surface area (Å²) in [7, 11) is 0. The average Bonchev–Trinajstić information content (AvgIpc) is 2.68. The van der Waals surface area contributed by atoms with Gasteiger partial charge in [0.1, 0.15) is 0 Å². The first-order valence-corrected chi connectivity index (χ1v) is 7.70. The Morgan fingerprint density at radius 1 is 1.23 bits per heavy atom. The van der Waals surface area contributed by atoms with E-state index in [-0.39, 0.29) is 24.8 Å². The molecule has 0 spiro atoms. The van der Waals surface area contributed by atoms with Crippen molar-refractivity contribution in [2.75, 3.05) is 13.1 Å². The van der Waals surface area contributed by atoms with Crippen LogP contribution in [-0.2, 0) is 4.79 Å². The number of hydrogen-bond donors (Lipinski definition) is 1. The van der Waals surface area contributed by atoms with E-state index in [9.17, 15) is 14.4 Å². The first-order valence-electron chi connectivity index (χ1n) is 7.32. The van der Waals surface area contributed by atoms with Crippen LogP contribution in [0.3, 0.4) is 0 Å². The number of benzene rings is 1. The Hall–Kier alpha value is -1.88. The second-order valence-electron chi connectivity index (χ2n) is 5.73. The molecule has 1 heterocycles. The molecular formula is C16H19ClN2O3. The summed E-state index contributed by atoms with van der Waals surface area (Å²) in [6.07, 6.45) is 1.01. The Morgan fingerprint density at radius 3 is 2.59 bits per heavy atom. The van der Waals surface area contributed by atoms with E-state index in [0.717, 1.165) is 11.3 Å². The highest BCUT2D eigenvalue weighted by molar-refractivity contribution is 6.32. The van der Waals surface area contributed by atoms with Crippen LogP contribution in [0.2, 0.25) is 5.02 Å². The maximum atomic E-state index is 12.2. The first kappa shape index (κ1) is 16.5. The molecule has 0 fully saturated rings. The van der Waals surface area contributed by atoms with E-state index >= 15 is 0 Å². The Morgan fingerprint density at radius 2 is 1.91 bits per heavy atom. The minimum absolute atomic E-state index is 0.0808. The molecule has 0 aromatic heterocycles. The summed E-state index contributed by atoms with van der Waals surface area (Å²) in [5.41, 5.74) is 0.646. The van der Waals surface area contributed by atoms with Gasteiger partial charge in [0.2, 0.25) is 5.91 Å². The highest BCUT2D eigenvalue weighted by Gasteiger charge is 2.35. The Balaban J connectivity index is 1.91. The summed E-state index contributed by atoms with van der Waals surface area (Å²) in [6, 6.07) is 4.61. The number of amides is 3. The van der Waals surface area contributed by atoms with Crippen LogP contribution in [0.25, 0.3) is 0 Å². The summed E-state index contributed by atoms with van der Waals surface area (Å²) in [6.45, 7) is 4.85. The fourth-order valence-electron chi connectivity index (χ4n) is 2.27. The lowest BCUT2D eigenvalue weighted by molar-refractivity contribution is -0.121. The average molecular weight is 323 g/mol. The number of carbonyl (C=O) groups excluding carboxylic acids is 3. The van der Waals surface area contributed by atoms with Crippen molar-refractivity contribution in [3.05, 3.63) is 34.3 Å². The summed E-state index contributed by atoms with van der Waals surface area (Å²) in [4.78, 5) is 37.2. The highest BCUT2D eigenvalue weighted by Crippen LogP contribution is 2.25. The summed E-state index contributed by atoms with van der Waals surface area (Å²) in [5, 5.41) is 3.20. The quantitative estimate of drug-likeness (QED) is 0.818. The van der Waals surface area contributed by atoms with E-state index in [1.54, 1.807) is 12.1 Å². The van der Waals surface area contributed by atoms with E-state index in [2.05, 4.69) is 19.2 Å². The van der Waals surface area contributed by atoms with Gasteiger partial charge in [0.05, 0.1) is 11.1 Å². The number of halogens is 1. The summed E-state index contributed by atoms with van der Waals surface area (Å²) in [5.74, 6) is -0.402. The third-order valence-electron chi connectivity index (χ3n) is 3.54. The SMILES string of the molecule is CC(C)CCNC(=O)CCN1C(=O)c2ccc(Cl)cc2C1=O. The van der Waals surface area contributed by atoms with Gasteiger partial charge in [-0.1, -0.05) is 25.4 Å². The molecule has 6 heteroatoms. The highest BCUT2D eigenvalue weighted by atomic mass is 35.5. The molecule has 0 aliphatic carbocycles. The van der Waals surface area contributed by atoms with Crippen molar-refractivity contribution in [1.82, 2.24) is 10.2 Å². The standard InChI is InChI=1S/C16H19ClN2O3/c1-10(2)5-7-18-14(20)6-8-19-15(21)12-4-3-11(17)9-13(12)16(19)22/h3-4,9-10H,5-8H2,1-2H3,(H,18,20). The zero-order chi connectivity index (χ0) is 16.3. The van der Waals surface area contributed by atoms with Gasteiger partial charge in [-0.25, -0.2) is 0 Å². The first-order chi connectivity index (χ1) is 10.4. The monoisotopic (exact) mass is 322 g/mol. The van der Waals surface area contributed by atoms with Gasteiger partial charge < -0.3 is 5.32 Å². The molecular weight excluding hydrogens is 304 g/mol. The molecule has 5 nitrogen and oxygen atoms in total. The molecule has 0 saturated carbocycles. The van der Waals surface area contributed by atoms with Gasteiger partial charge in [0.25, 0.3) is 11.8 Å². The summed E-state index contributed by atoms with van der Waals surface area (Å²) < 4.78 is 0. The molecule has 0 bridgehead atoms. The van der Waals surface area contributed by atoms with Crippen LogP contribution >= 0.6 is 11.6 Å². The van der Waals surface area contributed by atoms with Crippen LogP contribution in [0.15, 0.2) is 18.2 Å². The van der Waals surface area contributed by atoms with Crippen LogP contribution in [-0.4, -0.2) is 35.7 Å². The Bertz CT molecular complexity index is 613. The maximum absolute atomic E-state index is 12.2. The van der Waals surface area contributed by atoms with Gasteiger partial charge in [0, 0.05) is 24.5 Å². The smallest absolute Gasteiger partial charge is 0.261 e. The molecule has 1 aliphatic rings. The minimum Gasteiger partial charge on any atom is -0.356 e. The fraction of sp³-hybridized carbons (Fsp3) is 0.438. The van der Waals surface area contributed by atoms with Crippen molar-refractivity contribution in [2.45, 2.75) is 26.7 Å². The predicted molar refractivity (Wildman–Crippen MR) is 83.9 cm³/mol. The van der Waals surface area contributed by atoms with Gasteiger partial charge in [-0.05, 0) is 30.5 Å². The van der Waals surface area contributed by atoms with Crippen molar-refractivity contribution in [2.24, 2.45) is 5.92 Å². The van der Waals surface area contributed by atoms with E-state index in [1.165, 1.54) is 6.07 Å². The van der Waals surface area contributed by atoms with Crippen molar-refractivity contribution >= 4 is 29.3 Å². The fourth-order valence-corrected chi connectivity index (χ4v) is 2.44. The number of nitrogens with one attached hydrogen (secondary N) is 1.